The Bertz CT molecular complexity index is 2380. The van der Waals surface area contributed by atoms with Gasteiger partial charge in [0.1, 0.15) is 0 Å². The summed E-state index contributed by atoms with van der Waals surface area (Å²) in [5.74, 6) is 5.53. The van der Waals surface area contributed by atoms with Crippen LogP contribution in [-0.4, -0.2) is 0 Å². The predicted molar refractivity (Wildman–Crippen MR) is 205 cm³/mol. The van der Waals surface area contributed by atoms with E-state index in [2.05, 4.69) is 158 Å². The van der Waals surface area contributed by atoms with Crippen molar-refractivity contribution >= 4 is 17.1 Å². The second-order valence-corrected chi connectivity index (χ2v) is 16.8. The van der Waals surface area contributed by atoms with Crippen molar-refractivity contribution in [2.75, 3.05) is 4.90 Å². The van der Waals surface area contributed by atoms with Crippen LogP contribution in [-0.2, 0) is 10.8 Å². The first-order valence-corrected chi connectivity index (χ1v) is 19.0. The number of anilines is 3. The fourth-order valence-corrected chi connectivity index (χ4v) is 13.3. The van der Waals surface area contributed by atoms with Gasteiger partial charge in [-0.15, -0.1) is 0 Å². The Morgan fingerprint density at radius 1 is 0.500 bits per heavy atom. The highest BCUT2D eigenvalue weighted by atomic mass is 15.1. The fourth-order valence-electron chi connectivity index (χ4n) is 13.3. The van der Waals surface area contributed by atoms with E-state index in [1.54, 1.807) is 11.1 Å². The number of hydrogen-bond donors (Lipinski definition) is 0. The van der Waals surface area contributed by atoms with E-state index in [4.69, 9.17) is 0 Å². The van der Waals surface area contributed by atoms with Gasteiger partial charge >= 0.3 is 0 Å². The number of fused-ring (bicyclic) bond motifs is 10. The Morgan fingerprint density at radius 3 is 1.96 bits per heavy atom. The Balaban J connectivity index is 1.07. The predicted octanol–water partition coefficient (Wildman–Crippen LogP) is 12.3. The molecule has 242 valence electrons. The van der Waals surface area contributed by atoms with Gasteiger partial charge < -0.3 is 4.90 Å². The first-order valence-electron chi connectivity index (χ1n) is 19.0. The molecule has 0 aliphatic heterocycles. The van der Waals surface area contributed by atoms with Crippen LogP contribution < -0.4 is 4.90 Å². The molecule has 0 saturated heterocycles. The van der Waals surface area contributed by atoms with Crippen molar-refractivity contribution in [1.29, 1.82) is 0 Å². The maximum absolute atomic E-state index is 2.59. The summed E-state index contributed by atoms with van der Waals surface area (Å²) in [7, 11) is 0. The van der Waals surface area contributed by atoms with Gasteiger partial charge in [0.25, 0.3) is 0 Å². The standard InChI is InChI=1S/C49H41N/c1-48(2)40-16-8-6-13-34(40)36-15-10-18-45(47(36)48)50(32-21-19-30(20-22-32)29-11-4-3-5-12-29)33-23-24-42-38(27-33)35-14-7-9-17-41(35)49(42)43-28-37-31-25-39(43)46(37)44(49)26-31/h3-24,27,31,37,39,43-44,46H,25-26,28H2,1-2H3/t31?,37-,39+,43?,44+,46?,49-/m0/s1. The Morgan fingerprint density at radius 2 is 1.16 bits per heavy atom. The van der Waals surface area contributed by atoms with Crippen molar-refractivity contribution in [3.63, 3.8) is 0 Å². The quantitative estimate of drug-likeness (QED) is 0.185. The largest absolute Gasteiger partial charge is 0.310 e. The van der Waals surface area contributed by atoms with Crippen LogP contribution in [0.5, 0.6) is 0 Å². The van der Waals surface area contributed by atoms with Crippen LogP contribution in [0, 0.1) is 35.5 Å². The van der Waals surface area contributed by atoms with Crippen molar-refractivity contribution in [3.8, 4) is 33.4 Å². The lowest BCUT2D eigenvalue weighted by Crippen LogP contribution is -2.39. The molecule has 5 bridgehead atoms. The van der Waals surface area contributed by atoms with Gasteiger partial charge in [0, 0.05) is 22.2 Å². The van der Waals surface area contributed by atoms with Crippen LogP contribution in [0.4, 0.5) is 17.1 Å². The van der Waals surface area contributed by atoms with Crippen molar-refractivity contribution in [2.45, 2.75) is 43.9 Å². The first-order chi connectivity index (χ1) is 24.5. The number of nitrogens with zero attached hydrogens (tertiary/aromatic N) is 1. The van der Waals surface area contributed by atoms with Gasteiger partial charge in [0.05, 0.1) is 5.69 Å². The highest BCUT2D eigenvalue weighted by Crippen LogP contribution is 2.81. The molecule has 12 rings (SSSR count). The van der Waals surface area contributed by atoms with Gasteiger partial charge in [-0.1, -0.05) is 123 Å². The molecule has 3 unspecified atom stereocenters. The molecule has 0 radical (unpaired) electrons. The van der Waals surface area contributed by atoms with Crippen molar-refractivity contribution < 1.29 is 0 Å². The molecule has 0 heterocycles. The van der Waals surface area contributed by atoms with Crippen LogP contribution in [0.15, 0.2) is 140 Å². The van der Waals surface area contributed by atoms with Crippen molar-refractivity contribution in [3.05, 3.63) is 162 Å². The minimum Gasteiger partial charge on any atom is -0.310 e. The molecule has 1 heteroatoms. The van der Waals surface area contributed by atoms with Gasteiger partial charge in [-0.25, -0.2) is 0 Å². The molecular weight excluding hydrogens is 603 g/mol. The van der Waals surface area contributed by atoms with E-state index >= 15 is 0 Å². The Labute approximate surface area is 295 Å². The lowest BCUT2D eigenvalue weighted by atomic mass is 9.61. The van der Waals surface area contributed by atoms with Crippen LogP contribution in [0.1, 0.15) is 55.4 Å². The molecule has 4 saturated carbocycles. The molecule has 7 atom stereocenters. The summed E-state index contributed by atoms with van der Waals surface area (Å²) in [5, 5.41) is 0. The second kappa shape index (κ2) is 9.46. The summed E-state index contributed by atoms with van der Waals surface area (Å²) < 4.78 is 0. The van der Waals surface area contributed by atoms with Gasteiger partial charge in [-0.05, 0) is 141 Å². The Hall–Kier alpha value is -4.88. The molecule has 0 N–H and O–H groups in total. The summed E-state index contributed by atoms with van der Waals surface area (Å²) >= 11 is 0. The van der Waals surface area contributed by atoms with E-state index in [0.717, 1.165) is 35.5 Å². The SMILES string of the molecule is CC1(C)c2ccccc2-c2cccc(N(c3ccc(-c4ccccc4)cc3)c3ccc4c(c3)-c3ccccc3[C@@]43C4C[C@H]5C6C[C@H]4C5[C@H]3C6)c21. The third-order valence-corrected chi connectivity index (χ3v) is 14.8. The first kappa shape index (κ1) is 27.9. The molecule has 1 nitrogen and oxygen atoms in total. The highest BCUT2D eigenvalue weighted by molar-refractivity contribution is 5.93. The highest BCUT2D eigenvalue weighted by Gasteiger charge is 2.76. The van der Waals surface area contributed by atoms with E-state index in [0.29, 0.717) is 0 Å². The molecule has 0 amide bonds. The fraction of sp³-hybridized carbons (Fsp3) is 0.265. The summed E-state index contributed by atoms with van der Waals surface area (Å²) in [4.78, 5) is 2.57. The summed E-state index contributed by atoms with van der Waals surface area (Å²) in [6.45, 7) is 4.82. The van der Waals surface area contributed by atoms with E-state index in [9.17, 15) is 0 Å². The molecule has 50 heavy (non-hydrogen) atoms. The normalized spacial score (nSPS) is 29.0. The topological polar surface area (TPSA) is 3.24 Å². The minimum atomic E-state index is -0.124. The van der Waals surface area contributed by atoms with E-state index < -0.39 is 0 Å². The molecule has 0 aromatic heterocycles. The maximum atomic E-state index is 2.59. The maximum Gasteiger partial charge on any atom is 0.0508 e. The number of hydrogen-bond acceptors (Lipinski definition) is 1. The molecule has 6 aliphatic carbocycles. The molecule has 4 fully saturated rings. The monoisotopic (exact) mass is 643 g/mol. The molecule has 6 aliphatic rings. The number of benzene rings is 6. The summed E-state index contributed by atoms with van der Waals surface area (Å²) in [6, 6.07) is 53.2. The lowest BCUT2D eigenvalue weighted by Gasteiger charge is -2.42. The van der Waals surface area contributed by atoms with E-state index in [1.807, 2.05) is 0 Å². The van der Waals surface area contributed by atoms with Gasteiger partial charge in [0.2, 0.25) is 0 Å². The van der Waals surface area contributed by atoms with Gasteiger partial charge in [0.15, 0.2) is 0 Å². The molecule has 1 spiro atoms. The van der Waals surface area contributed by atoms with Crippen LogP contribution >= 0.6 is 0 Å². The Kier molecular flexibility index (Phi) is 5.28. The van der Waals surface area contributed by atoms with Crippen molar-refractivity contribution in [2.24, 2.45) is 35.5 Å². The third kappa shape index (κ3) is 3.22. The van der Waals surface area contributed by atoms with Crippen LogP contribution in [0.25, 0.3) is 33.4 Å². The van der Waals surface area contributed by atoms with Crippen molar-refractivity contribution in [1.82, 2.24) is 0 Å². The molecule has 6 aromatic rings. The average molecular weight is 644 g/mol. The molecular formula is C49H41N. The zero-order valence-electron chi connectivity index (χ0n) is 28.8. The van der Waals surface area contributed by atoms with Gasteiger partial charge in [-0.2, -0.15) is 0 Å². The smallest absolute Gasteiger partial charge is 0.0508 e. The zero-order chi connectivity index (χ0) is 32.9. The van der Waals surface area contributed by atoms with Crippen LogP contribution in [0.2, 0.25) is 0 Å². The summed E-state index contributed by atoms with van der Waals surface area (Å²) in [5.41, 5.74) is 18.1. The van der Waals surface area contributed by atoms with E-state index in [-0.39, 0.29) is 10.8 Å². The minimum absolute atomic E-state index is 0.124. The average Bonchev–Trinajstić information content (AvgIpc) is 3.95. The zero-order valence-corrected chi connectivity index (χ0v) is 28.8. The third-order valence-electron chi connectivity index (χ3n) is 14.8. The number of rotatable bonds is 4. The second-order valence-electron chi connectivity index (χ2n) is 16.8. The summed E-state index contributed by atoms with van der Waals surface area (Å²) in [6.07, 6.45) is 4.40. The van der Waals surface area contributed by atoms with E-state index in [1.165, 1.54) is 80.8 Å². The lowest BCUT2D eigenvalue weighted by molar-refractivity contribution is 0.210. The van der Waals surface area contributed by atoms with Crippen LogP contribution in [0.3, 0.4) is 0 Å². The van der Waals surface area contributed by atoms with Gasteiger partial charge in [-0.3, -0.25) is 0 Å². The molecule has 6 aromatic carbocycles.